The molecule has 0 aromatic heterocycles. The van der Waals surface area contributed by atoms with Crippen LogP contribution in [0.5, 0.6) is 0 Å². The van der Waals surface area contributed by atoms with E-state index in [1.54, 1.807) is 14.1 Å². The fraction of sp³-hybridized carbons (Fsp3) is 0.333. The molecule has 1 amide bonds. The molecule has 0 saturated heterocycles. The molecule has 1 aromatic rings. The summed E-state index contributed by atoms with van der Waals surface area (Å²) in [6.45, 7) is -0.170. The number of amides is 1. The van der Waals surface area contributed by atoms with E-state index in [-0.39, 0.29) is 12.4 Å². The van der Waals surface area contributed by atoms with Gasteiger partial charge in [-0.15, -0.1) is 11.8 Å². The molecule has 0 heterocycles. The van der Waals surface area contributed by atoms with Crippen LogP contribution in [0.3, 0.4) is 0 Å². The van der Waals surface area contributed by atoms with Crippen molar-refractivity contribution < 1.29 is 14.3 Å². The summed E-state index contributed by atoms with van der Waals surface area (Å²) in [5, 5.41) is 0. The highest BCUT2D eigenvalue weighted by molar-refractivity contribution is 8.00. The lowest BCUT2D eigenvalue weighted by molar-refractivity contribution is -0.119. The fourth-order valence-electron chi connectivity index (χ4n) is 0.994. The third kappa shape index (κ3) is 5.40. The zero-order valence-electron chi connectivity index (χ0n) is 9.88. The zero-order chi connectivity index (χ0) is 12.7. The van der Waals surface area contributed by atoms with Crippen LogP contribution < -0.4 is 0 Å². The summed E-state index contributed by atoms with van der Waals surface area (Å²) in [7, 11) is 3.15. The van der Waals surface area contributed by atoms with Gasteiger partial charge in [-0.25, -0.2) is 4.79 Å². The van der Waals surface area contributed by atoms with Crippen LogP contribution >= 0.6 is 11.8 Å². The summed E-state index contributed by atoms with van der Waals surface area (Å²) in [5.74, 6) is 0.208. The van der Waals surface area contributed by atoms with E-state index in [1.165, 1.54) is 16.7 Å². The van der Waals surface area contributed by atoms with Crippen molar-refractivity contribution in [3.8, 4) is 0 Å². The number of rotatable bonds is 5. The van der Waals surface area contributed by atoms with E-state index < -0.39 is 6.09 Å². The molecule has 0 N–H and O–H groups in total. The minimum absolute atomic E-state index is 0.103. The molecule has 0 aliphatic rings. The first-order valence-electron chi connectivity index (χ1n) is 5.13. The van der Waals surface area contributed by atoms with Gasteiger partial charge in [0.1, 0.15) is 0 Å². The predicted molar refractivity (Wildman–Crippen MR) is 67.2 cm³/mol. The average Bonchev–Trinajstić information content (AvgIpc) is 2.34. The SMILES string of the molecule is CN(C)C(=O)OCC(=O)CSc1ccccc1. The zero-order valence-corrected chi connectivity index (χ0v) is 10.7. The normalized spacial score (nSPS) is 9.76. The van der Waals surface area contributed by atoms with Gasteiger partial charge >= 0.3 is 6.09 Å². The number of benzene rings is 1. The Bertz CT molecular complexity index is 379. The smallest absolute Gasteiger partial charge is 0.409 e. The molecular formula is C12H15NO3S. The van der Waals surface area contributed by atoms with Crippen LogP contribution in [-0.4, -0.2) is 43.2 Å². The fourth-order valence-corrected chi connectivity index (χ4v) is 1.75. The number of carbonyl (C=O) groups excluding carboxylic acids is 2. The van der Waals surface area contributed by atoms with Gasteiger partial charge in [-0.1, -0.05) is 18.2 Å². The summed E-state index contributed by atoms with van der Waals surface area (Å²) in [6, 6.07) is 9.62. The summed E-state index contributed by atoms with van der Waals surface area (Å²) >= 11 is 1.43. The number of carbonyl (C=O) groups is 2. The van der Waals surface area contributed by atoms with Crippen LogP contribution in [0.4, 0.5) is 4.79 Å². The molecule has 0 aliphatic heterocycles. The van der Waals surface area contributed by atoms with Crippen LogP contribution in [0.1, 0.15) is 0 Å². The molecule has 0 radical (unpaired) electrons. The molecule has 0 aliphatic carbocycles. The second kappa shape index (κ2) is 6.96. The summed E-state index contributed by atoms with van der Waals surface area (Å²) in [6.07, 6.45) is -0.497. The van der Waals surface area contributed by atoms with Gasteiger partial charge < -0.3 is 9.64 Å². The van der Waals surface area contributed by atoms with Gasteiger partial charge in [-0.05, 0) is 12.1 Å². The van der Waals surface area contributed by atoms with Crippen molar-refractivity contribution in [3.63, 3.8) is 0 Å². The largest absolute Gasteiger partial charge is 0.441 e. The standard InChI is InChI=1S/C12H15NO3S/c1-13(2)12(15)16-8-10(14)9-17-11-6-4-3-5-7-11/h3-7H,8-9H2,1-2H3. The molecule has 17 heavy (non-hydrogen) atoms. The van der Waals surface area contributed by atoms with Gasteiger partial charge in [0.2, 0.25) is 0 Å². The lowest BCUT2D eigenvalue weighted by atomic mass is 10.4. The molecule has 0 saturated carbocycles. The van der Waals surface area contributed by atoms with Gasteiger partial charge in [0.05, 0.1) is 5.75 Å². The van der Waals surface area contributed by atoms with Crippen molar-refractivity contribution in [2.45, 2.75) is 4.90 Å². The van der Waals surface area contributed by atoms with Crippen molar-refractivity contribution in [2.75, 3.05) is 26.5 Å². The Morgan fingerprint density at radius 1 is 1.24 bits per heavy atom. The molecular weight excluding hydrogens is 238 g/mol. The Labute approximate surface area is 105 Å². The Hall–Kier alpha value is -1.49. The number of hydrogen-bond donors (Lipinski definition) is 0. The lowest BCUT2D eigenvalue weighted by Gasteiger charge is -2.10. The van der Waals surface area contributed by atoms with Gasteiger partial charge in [-0.3, -0.25) is 4.79 Å². The van der Waals surface area contributed by atoms with E-state index in [0.717, 1.165) is 4.90 Å². The van der Waals surface area contributed by atoms with E-state index in [4.69, 9.17) is 4.74 Å². The van der Waals surface area contributed by atoms with Crippen molar-refractivity contribution in [1.29, 1.82) is 0 Å². The molecule has 5 heteroatoms. The first kappa shape index (κ1) is 13.6. The second-order valence-corrected chi connectivity index (χ2v) is 4.64. The first-order chi connectivity index (χ1) is 8.09. The number of hydrogen-bond acceptors (Lipinski definition) is 4. The Morgan fingerprint density at radius 2 is 1.88 bits per heavy atom. The lowest BCUT2D eigenvalue weighted by Crippen LogP contribution is -2.25. The van der Waals surface area contributed by atoms with E-state index >= 15 is 0 Å². The third-order valence-corrected chi connectivity index (χ3v) is 2.94. The number of ketones is 1. The van der Waals surface area contributed by atoms with Gasteiger partial charge in [0, 0.05) is 19.0 Å². The highest BCUT2D eigenvalue weighted by atomic mass is 32.2. The molecule has 92 valence electrons. The Morgan fingerprint density at radius 3 is 2.47 bits per heavy atom. The van der Waals surface area contributed by atoms with Crippen LogP contribution in [0.2, 0.25) is 0 Å². The van der Waals surface area contributed by atoms with Crippen LogP contribution in [0, 0.1) is 0 Å². The molecule has 0 bridgehead atoms. The summed E-state index contributed by atoms with van der Waals surface area (Å²) < 4.78 is 4.78. The number of ether oxygens (including phenoxy) is 1. The predicted octanol–water partition coefficient (Wildman–Crippen LogP) is 2.05. The number of thioether (sulfide) groups is 1. The number of Topliss-reactive ketones (excluding diaryl/α,β-unsaturated/α-hetero) is 1. The summed E-state index contributed by atoms with van der Waals surface area (Å²) in [4.78, 5) is 24.8. The van der Waals surface area contributed by atoms with Gasteiger partial charge in [0.25, 0.3) is 0 Å². The Kier molecular flexibility index (Phi) is 5.56. The third-order valence-electron chi connectivity index (χ3n) is 1.86. The van der Waals surface area contributed by atoms with Gasteiger partial charge in [0.15, 0.2) is 12.4 Å². The average molecular weight is 253 g/mol. The molecule has 4 nitrogen and oxygen atoms in total. The highest BCUT2D eigenvalue weighted by Gasteiger charge is 2.09. The minimum Gasteiger partial charge on any atom is -0.441 e. The van der Waals surface area contributed by atoms with Gasteiger partial charge in [-0.2, -0.15) is 0 Å². The minimum atomic E-state index is -0.497. The monoisotopic (exact) mass is 253 g/mol. The van der Waals surface area contributed by atoms with Crippen molar-refractivity contribution in [1.82, 2.24) is 4.90 Å². The maximum atomic E-state index is 11.4. The number of nitrogens with zero attached hydrogens (tertiary/aromatic N) is 1. The van der Waals surface area contributed by atoms with E-state index in [2.05, 4.69) is 0 Å². The van der Waals surface area contributed by atoms with E-state index in [0.29, 0.717) is 5.75 Å². The van der Waals surface area contributed by atoms with Crippen LogP contribution in [-0.2, 0) is 9.53 Å². The van der Waals surface area contributed by atoms with Crippen molar-refractivity contribution in [3.05, 3.63) is 30.3 Å². The highest BCUT2D eigenvalue weighted by Crippen LogP contribution is 2.16. The quantitative estimate of drug-likeness (QED) is 0.753. The van der Waals surface area contributed by atoms with E-state index in [9.17, 15) is 9.59 Å². The second-order valence-electron chi connectivity index (χ2n) is 3.59. The summed E-state index contributed by atoms with van der Waals surface area (Å²) in [5.41, 5.74) is 0. The Balaban J connectivity index is 2.24. The molecule has 0 spiro atoms. The van der Waals surface area contributed by atoms with Crippen LogP contribution in [0.25, 0.3) is 0 Å². The van der Waals surface area contributed by atoms with E-state index in [1.807, 2.05) is 30.3 Å². The topological polar surface area (TPSA) is 46.6 Å². The van der Waals surface area contributed by atoms with Crippen LogP contribution in [0.15, 0.2) is 35.2 Å². The molecule has 1 aromatic carbocycles. The molecule has 0 atom stereocenters. The maximum absolute atomic E-state index is 11.4. The maximum Gasteiger partial charge on any atom is 0.409 e. The molecule has 0 fully saturated rings. The van der Waals surface area contributed by atoms with Crippen molar-refractivity contribution >= 4 is 23.6 Å². The molecule has 1 rings (SSSR count). The first-order valence-corrected chi connectivity index (χ1v) is 6.12. The molecule has 0 unspecified atom stereocenters. The van der Waals surface area contributed by atoms with Crippen molar-refractivity contribution in [2.24, 2.45) is 0 Å².